The number of esters is 1. The second-order valence-electron chi connectivity index (χ2n) is 15.8. The zero-order chi connectivity index (χ0) is 36.7. The van der Waals surface area contributed by atoms with Gasteiger partial charge in [0.05, 0.1) is 35.9 Å². The Bertz CT molecular complexity index is 1210. The van der Waals surface area contributed by atoms with E-state index >= 15 is 0 Å². The fourth-order valence-corrected chi connectivity index (χ4v) is 8.52. The highest BCUT2D eigenvalue weighted by Crippen LogP contribution is 2.43. The van der Waals surface area contributed by atoms with Crippen LogP contribution in [0.5, 0.6) is 0 Å². The summed E-state index contributed by atoms with van der Waals surface area (Å²) in [7, 11) is 5.40. The van der Waals surface area contributed by atoms with E-state index in [0.717, 1.165) is 0 Å². The number of aliphatic hydroxyl groups excluding tert-OH is 2. The number of allylic oxidation sites excluding steroid dienone is 1. The molecule has 0 spiro atoms. The monoisotopic (exact) mass is 697 g/mol. The summed E-state index contributed by atoms with van der Waals surface area (Å²) in [5.41, 5.74) is -1.77. The Morgan fingerprint density at radius 2 is 1.61 bits per heavy atom. The molecule has 4 aliphatic heterocycles. The number of nitrogens with zero attached hydrogens (tertiary/aromatic N) is 1. The fraction of sp³-hybridized carbons (Fsp3) is 0.892. The maximum Gasteiger partial charge on any atom is 0.311 e. The third kappa shape index (κ3) is 7.91. The lowest BCUT2D eigenvalue weighted by Crippen LogP contribution is -2.58. The zero-order valence-electron chi connectivity index (χ0n) is 31.9. The standard InChI is InChI=1S/C37H63NO11/c1-14-26-37(10)32(40)22(6)30(49-37)19(3)15-18(2)29(48-35-28(39)25(38(11)12)16-20(4)44-35)21(5)31(23(7)34(42)46-26)47-27-17-36(9,43-13)33(41)24(8)45-27/h18-21,23-29,31,33,35,39,41H,14-17H2,1-13H3/t18-,19-,20-,21-,23-,24+,25+,26+,27+,28-,29+,31+,33+,35+,36-,37+/m1/s1. The normalized spacial score (nSPS) is 47.3. The molecule has 0 aliphatic carbocycles. The highest BCUT2D eigenvalue weighted by atomic mass is 16.7. The fourth-order valence-electron chi connectivity index (χ4n) is 8.52. The Hall–Kier alpha value is -1.64. The number of ether oxygens (including phenoxy) is 7. The van der Waals surface area contributed by atoms with Gasteiger partial charge < -0.3 is 48.3 Å². The summed E-state index contributed by atoms with van der Waals surface area (Å²) in [5.74, 6) is -1.75. The molecule has 0 saturated carbocycles. The van der Waals surface area contributed by atoms with Gasteiger partial charge in [0.1, 0.15) is 24.1 Å². The molecule has 0 amide bonds. The number of hydrogen-bond acceptors (Lipinski definition) is 12. The molecule has 4 rings (SSSR count). The molecule has 4 heterocycles. The van der Waals surface area contributed by atoms with Crippen molar-refractivity contribution in [3.05, 3.63) is 11.3 Å². The average Bonchev–Trinajstić information content (AvgIpc) is 3.28. The Morgan fingerprint density at radius 1 is 0.959 bits per heavy atom. The van der Waals surface area contributed by atoms with Crippen molar-refractivity contribution < 1.29 is 53.0 Å². The Labute approximate surface area is 293 Å². The highest BCUT2D eigenvalue weighted by molar-refractivity contribution is 6.04. The number of cyclic esters (lactones) is 1. The maximum absolute atomic E-state index is 14.1. The van der Waals surface area contributed by atoms with E-state index < -0.39 is 78.2 Å². The number of likely N-dealkylation sites (N-methyl/N-ethyl adjacent to an activating group) is 1. The first-order valence-corrected chi connectivity index (χ1v) is 18.1. The van der Waals surface area contributed by atoms with Crippen LogP contribution in [-0.2, 0) is 42.7 Å². The van der Waals surface area contributed by atoms with Crippen LogP contribution in [0.25, 0.3) is 0 Å². The number of ketones is 1. The molecule has 0 aromatic carbocycles. The second-order valence-corrected chi connectivity index (χ2v) is 15.8. The smallest absolute Gasteiger partial charge is 0.311 e. The predicted octanol–water partition coefficient (Wildman–Crippen LogP) is 3.99. The number of rotatable bonds is 7. The van der Waals surface area contributed by atoms with Crippen molar-refractivity contribution in [1.29, 1.82) is 0 Å². The van der Waals surface area contributed by atoms with Gasteiger partial charge in [-0.25, -0.2) is 0 Å². The largest absolute Gasteiger partial charge is 0.479 e. The highest BCUT2D eigenvalue weighted by Gasteiger charge is 2.54. The molecule has 3 fully saturated rings. The van der Waals surface area contributed by atoms with Crippen LogP contribution < -0.4 is 0 Å². The van der Waals surface area contributed by atoms with E-state index in [1.807, 2.05) is 53.6 Å². The second kappa shape index (κ2) is 15.5. The first-order chi connectivity index (χ1) is 22.8. The number of carbonyl (C=O) groups is 2. The molecule has 282 valence electrons. The molecule has 49 heavy (non-hydrogen) atoms. The summed E-state index contributed by atoms with van der Waals surface area (Å²) >= 11 is 0. The maximum atomic E-state index is 14.1. The van der Waals surface area contributed by atoms with Crippen LogP contribution in [-0.4, -0.2) is 121 Å². The van der Waals surface area contributed by atoms with E-state index in [4.69, 9.17) is 33.2 Å². The van der Waals surface area contributed by atoms with Crippen molar-refractivity contribution in [1.82, 2.24) is 4.90 Å². The Kier molecular flexibility index (Phi) is 12.7. The van der Waals surface area contributed by atoms with Gasteiger partial charge in [-0.1, -0.05) is 27.7 Å². The van der Waals surface area contributed by atoms with E-state index in [1.165, 1.54) is 0 Å². The number of fused-ring (bicyclic) bond motifs is 2. The van der Waals surface area contributed by atoms with Crippen LogP contribution in [0.2, 0.25) is 0 Å². The first-order valence-electron chi connectivity index (χ1n) is 18.1. The van der Waals surface area contributed by atoms with Gasteiger partial charge >= 0.3 is 5.97 Å². The lowest BCUT2D eigenvalue weighted by Gasteiger charge is -2.47. The summed E-state index contributed by atoms with van der Waals surface area (Å²) in [6.45, 7) is 18.7. The van der Waals surface area contributed by atoms with Crippen molar-refractivity contribution in [2.75, 3.05) is 21.2 Å². The van der Waals surface area contributed by atoms with Crippen molar-refractivity contribution in [3.8, 4) is 0 Å². The number of aliphatic hydroxyl groups is 2. The Morgan fingerprint density at radius 3 is 2.20 bits per heavy atom. The van der Waals surface area contributed by atoms with Gasteiger partial charge in [-0.3, -0.25) is 9.59 Å². The van der Waals surface area contributed by atoms with E-state index in [0.29, 0.717) is 30.6 Å². The van der Waals surface area contributed by atoms with Crippen molar-refractivity contribution >= 4 is 11.8 Å². The minimum Gasteiger partial charge on any atom is -0.479 e. The molecular formula is C37H63NO11. The molecule has 4 aliphatic rings. The molecule has 0 unspecified atom stereocenters. The number of hydrogen-bond donors (Lipinski definition) is 2. The van der Waals surface area contributed by atoms with Crippen molar-refractivity contribution in [2.24, 2.45) is 23.7 Å². The minimum absolute atomic E-state index is 0.161. The Balaban J connectivity index is 1.79. The summed E-state index contributed by atoms with van der Waals surface area (Å²) in [5, 5.41) is 22.4. The number of methoxy groups -OCH3 is 1. The average molecular weight is 698 g/mol. The van der Waals surface area contributed by atoms with Gasteiger partial charge in [-0.15, -0.1) is 0 Å². The number of Topliss-reactive ketones (excluding diaryl/α,β-unsaturated/α-hetero) is 1. The van der Waals surface area contributed by atoms with Gasteiger partial charge in [0, 0.05) is 37.0 Å². The van der Waals surface area contributed by atoms with Crippen LogP contribution in [0, 0.1) is 23.7 Å². The summed E-state index contributed by atoms with van der Waals surface area (Å²) in [4.78, 5) is 29.9. The third-order valence-corrected chi connectivity index (χ3v) is 11.7. The van der Waals surface area contributed by atoms with Crippen molar-refractivity contribution in [2.45, 2.75) is 167 Å². The topological polar surface area (TPSA) is 142 Å². The first kappa shape index (κ1) is 40.1. The van der Waals surface area contributed by atoms with E-state index in [-0.39, 0.29) is 36.2 Å². The lowest BCUT2D eigenvalue weighted by atomic mass is 9.79. The van der Waals surface area contributed by atoms with Crippen molar-refractivity contribution in [3.63, 3.8) is 0 Å². The molecule has 0 aromatic heterocycles. The third-order valence-electron chi connectivity index (χ3n) is 11.7. The van der Waals surface area contributed by atoms with Gasteiger partial charge in [0.2, 0.25) is 11.4 Å². The van der Waals surface area contributed by atoms with Crippen LogP contribution in [0.3, 0.4) is 0 Å². The van der Waals surface area contributed by atoms with Crippen LogP contribution in [0.4, 0.5) is 0 Å². The van der Waals surface area contributed by atoms with Crippen LogP contribution in [0.1, 0.15) is 94.9 Å². The van der Waals surface area contributed by atoms with Crippen LogP contribution >= 0.6 is 0 Å². The molecule has 12 nitrogen and oxygen atoms in total. The van der Waals surface area contributed by atoms with Gasteiger partial charge in [0.15, 0.2) is 12.6 Å². The molecule has 0 aromatic rings. The minimum atomic E-state index is -1.36. The molecule has 12 heteroatoms. The summed E-state index contributed by atoms with van der Waals surface area (Å²) in [6.07, 6.45) is -4.72. The lowest BCUT2D eigenvalue weighted by molar-refractivity contribution is -0.309. The van der Waals surface area contributed by atoms with Gasteiger partial charge in [-0.2, -0.15) is 0 Å². The molecule has 2 N–H and O–H groups in total. The predicted molar refractivity (Wildman–Crippen MR) is 181 cm³/mol. The van der Waals surface area contributed by atoms with Gasteiger partial charge in [0.25, 0.3) is 0 Å². The van der Waals surface area contributed by atoms with Gasteiger partial charge in [-0.05, 0) is 80.8 Å². The molecule has 2 bridgehead atoms. The summed E-state index contributed by atoms with van der Waals surface area (Å²) < 4.78 is 44.4. The quantitative estimate of drug-likeness (QED) is 0.372. The molecular weight excluding hydrogens is 634 g/mol. The number of carbonyl (C=O) groups excluding carboxylic acids is 2. The molecule has 16 atom stereocenters. The summed E-state index contributed by atoms with van der Waals surface area (Å²) in [6, 6.07) is -0.182. The van der Waals surface area contributed by atoms with E-state index in [2.05, 4.69) is 6.92 Å². The van der Waals surface area contributed by atoms with Crippen LogP contribution in [0.15, 0.2) is 11.3 Å². The molecule has 0 radical (unpaired) electrons. The zero-order valence-corrected chi connectivity index (χ0v) is 31.9. The SMILES string of the molecule is CC[C@@H]1OC(=O)[C@H](C)[C@@H](O[C@H]2C[C@@](C)(OC)[C@@H](O)[C@H](C)O2)[C@H](C)[C@@H](O[C@@H]2O[C@H](C)C[C@H](N(C)C)[C@H]2O)[C@H](C)C[C@@H](C)C2=C(C)C(=O)[C@@]1(C)O2. The van der Waals surface area contributed by atoms with E-state index in [9.17, 15) is 19.8 Å². The molecule has 3 saturated heterocycles. The van der Waals surface area contributed by atoms with E-state index in [1.54, 1.807) is 34.8 Å².